The number of rotatable bonds is 11. The maximum atomic E-state index is 12.8. The number of hydrogen-bond acceptors (Lipinski definition) is 8. The van der Waals surface area contributed by atoms with Crippen molar-refractivity contribution in [2.75, 3.05) is 17.9 Å². The fourth-order valence-electron chi connectivity index (χ4n) is 2.87. The first-order valence-electron chi connectivity index (χ1n) is 10.5. The number of anilines is 1. The van der Waals surface area contributed by atoms with Crippen LogP contribution in [0.2, 0.25) is 0 Å². The van der Waals surface area contributed by atoms with Crippen molar-refractivity contribution < 1.29 is 31.9 Å². The molecule has 186 valence electrons. The summed E-state index contributed by atoms with van der Waals surface area (Å²) in [5.74, 6) is -0.470. The predicted molar refractivity (Wildman–Crippen MR) is 130 cm³/mol. The molecule has 12 heteroatoms. The van der Waals surface area contributed by atoms with Gasteiger partial charge in [0.2, 0.25) is 6.01 Å². The van der Waals surface area contributed by atoms with Gasteiger partial charge < -0.3 is 14.8 Å². The highest BCUT2D eigenvalue weighted by molar-refractivity contribution is 7.89. The predicted octanol–water partition coefficient (Wildman–Crippen LogP) is 3.79. The van der Waals surface area contributed by atoms with Crippen LogP contribution >= 0.6 is 11.3 Å². The zero-order chi connectivity index (χ0) is 25.4. The van der Waals surface area contributed by atoms with E-state index < -0.39 is 27.8 Å². The summed E-state index contributed by atoms with van der Waals surface area (Å²) in [5, 5.41) is 6.64. The standard InChI is InChI=1S/C23H24FN3O6S2/c1-15(2)33-20-10-18(9-19(11-20)32-7-5-16-6-8-34-13-16)22(28)26-21-4-3-17(12-25-21)23(29)27-35(30,31)14-24/h3-4,6,8-13,15H,5,7,14H2,1-2H3,(H,27,29)(H,25,26,28). The third-order valence-corrected chi connectivity index (χ3v) is 5.93. The van der Waals surface area contributed by atoms with Crippen LogP contribution in [-0.2, 0) is 16.4 Å². The molecule has 0 aliphatic heterocycles. The SMILES string of the molecule is CC(C)Oc1cc(OCCc2ccsc2)cc(C(=O)Nc2ccc(C(=O)NS(=O)(=O)CF)cn2)c1. The van der Waals surface area contributed by atoms with Crippen molar-refractivity contribution in [2.24, 2.45) is 0 Å². The van der Waals surface area contributed by atoms with E-state index in [-0.39, 0.29) is 23.0 Å². The monoisotopic (exact) mass is 521 g/mol. The van der Waals surface area contributed by atoms with E-state index in [0.717, 1.165) is 18.2 Å². The molecule has 0 atom stereocenters. The fourth-order valence-corrected chi connectivity index (χ4v) is 4.02. The van der Waals surface area contributed by atoms with Crippen LogP contribution in [-0.4, -0.2) is 43.9 Å². The maximum Gasteiger partial charge on any atom is 0.266 e. The minimum Gasteiger partial charge on any atom is -0.493 e. The van der Waals surface area contributed by atoms with E-state index in [1.807, 2.05) is 30.7 Å². The molecule has 0 aliphatic rings. The smallest absolute Gasteiger partial charge is 0.266 e. The molecule has 9 nitrogen and oxygen atoms in total. The van der Waals surface area contributed by atoms with Gasteiger partial charge in [-0.1, -0.05) is 0 Å². The van der Waals surface area contributed by atoms with Crippen LogP contribution < -0.4 is 19.5 Å². The van der Waals surface area contributed by atoms with E-state index >= 15 is 0 Å². The summed E-state index contributed by atoms with van der Waals surface area (Å²) in [6.45, 7) is 4.15. The van der Waals surface area contributed by atoms with Gasteiger partial charge in [0.05, 0.1) is 18.3 Å². The minimum atomic E-state index is -4.36. The lowest BCUT2D eigenvalue weighted by Crippen LogP contribution is -2.31. The zero-order valence-corrected chi connectivity index (χ0v) is 20.6. The van der Waals surface area contributed by atoms with Crippen LogP contribution in [0.4, 0.5) is 10.2 Å². The molecule has 0 saturated heterocycles. The van der Waals surface area contributed by atoms with Gasteiger partial charge in [-0.05, 0) is 60.5 Å². The number of sulfonamides is 1. The van der Waals surface area contributed by atoms with Gasteiger partial charge in [0, 0.05) is 24.2 Å². The molecule has 0 fully saturated rings. The van der Waals surface area contributed by atoms with Gasteiger partial charge in [0.15, 0.2) is 0 Å². The van der Waals surface area contributed by atoms with Crippen LogP contribution in [0.25, 0.3) is 0 Å². The number of alkyl halides is 1. The molecule has 35 heavy (non-hydrogen) atoms. The highest BCUT2D eigenvalue weighted by atomic mass is 32.2. The number of nitrogens with one attached hydrogen (secondary N) is 2. The molecule has 2 heterocycles. The number of thiophene rings is 1. The molecule has 2 N–H and O–H groups in total. The Bertz CT molecular complexity index is 1260. The lowest BCUT2D eigenvalue weighted by atomic mass is 10.1. The van der Waals surface area contributed by atoms with Gasteiger partial charge in [-0.2, -0.15) is 11.3 Å². The Kier molecular flexibility index (Phi) is 8.77. The molecule has 0 unspecified atom stereocenters. The number of pyridine rings is 1. The van der Waals surface area contributed by atoms with Crippen molar-refractivity contribution in [2.45, 2.75) is 26.4 Å². The summed E-state index contributed by atoms with van der Waals surface area (Å²) < 4.78 is 47.9. The Labute approximate surface area is 206 Å². The number of carbonyl (C=O) groups is 2. The Balaban J connectivity index is 1.70. The molecule has 2 amide bonds. The molecule has 3 rings (SSSR count). The number of nitrogens with zero attached hydrogens (tertiary/aromatic N) is 1. The normalized spacial score (nSPS) is 11.2. The van der Waals surface area contributed by atoms with Crippen molar-refractivity contribution in [1.29, 1.82) is 0 Å². The van der Waals surface area contributed by atoms with Crippen molar-refractivity contribution >= 4 is 39.0 Å². The molecule has 3 aromatic rings. The molecule has 1 aromatic carbocycles. The third kappa shape index (κ3) is 8.04. The van der Waals surface area contributed by atoms with Crippen LogP contribution in [0.5, 0.6) is 11.5 Å². The first kappa shape index (κ1) is 26.1. The summed E-state index contributed by atoms with van der Waals surface area (Å²) in [6, 6.07) is 7.74. The summed E-state index contributed by atoms with van der Waals surface area (Å²) in [4.78, 5) is 28.7. The molecule has 0 saturated carbocycles. The van der Waals surface area contributed by atoms with Crippen molar-refractivity contribution in [1.82, 2.24) is 9.71 Å². The summed E-state index contributed by atoms with van der Waals surface area (Å²) >= 11 is 1.61. The van der Waals surface area contributed by atoms with E-state index in [1.165, 1.54) is 12.1 Å². The number of benzene rings is 1. The second-order valence-electron chi connectivity index (χ2n) is 7.63. The first-order valence-corrected chi connectivity index (χ1v) is 13.1. The van der Waals surface area contributed by atoms with Gasteiger partial charge in [-0.25, -0.2) is 22.5 Å². The van der Waals surface area contributed by atoms with Crippen LogP contribution in [0, 0.1) is 0 Å². The fraction of sp³-hybridized carbons (Fsp3) is 0.261. The average Bonchev–Trinajstić information content (AvgIpc) is 3.32. The van der Waals surface area contributed by atoms with Gasteiger partial charge in [-0.3, -0.25) is 9.59 Å². The Morgan fingerprint density at radius 1 is 1.09 bits per heavy atom. The molecular formula is C23H24FN3O6S2. The van der Waals surface area contributed by atoms with Crippen LogP contribution in [0.3, 0.4) is 0 Å². The van der Waals surface area contributed by atoms with Crippen LogP contribution in [0.15, 0.2) is 53.4 Å². The minimum absolute atomic E-state index is 0.117. The van der Waals surface area contributed by atoms with E-state index in [0.29, 0.717) is 18.1 Å². The molecule has 2 aromatic heterocycles. The van der Waals surface area contributed by atoms with Gasteiger partial charge in [0.25, 0.3) is 21.8 Å². The maximum absolute atomic E-state index is 12.8. The molecular weight excluding hydrogens is 497 g/mol. The largest absolute Gasteiger partial charge is 0.493 e. The Hall–Kier alpha value is -3.51. The topological polar surface area (TPSA) is 124 Å². The third-order valence-electron chi connectivity index (χ3n) is 4.41. The second kappa shape index (κ2) is 11.8. The van der Waals surface area contributed by atoms with Gasteiger partial charge in [0.1, 0.15) is 17.3 Å². The summed E-state index contributed by atoms with van der Waals surface area (Å²) in [7, 11) is -4.36. The Morgan fingerprint density at radius 3 is 2.49 bits per heavy atom. The number of ether oxygens (including phenoxy) is 2. The van der Waals surface area contributed by atoms with Crippen LogP contribution in [0.1, 0.15) is 40.1 Å². The van der Waals surface area contributed by atoms with Crippen molar-refractivity contribution in [3.05, 3.63) is 70.0 Å². The lowest BCUT2D eigenvalue weighted by Gasteiger charge is -2.14. The van der Waals surface area contributed by atoms with Crippen molar-refractivity contribution in [3.63, 3.8) is 0 Å². The van der Waals surface area contributed by atoms with E-state index in [2.05, 4.69) is 10.3 Å². The average molecular weight is 522 g/mol. The number of aromatic nitrogens is 1. The second-order valence-corrected chi connectivity index (χ2v) is 10.1. The van der Waals surface area contributed by atoms with Crippen molar-refractivity contribution in [3.8, 4) is 11.5 Å². The molecule has 0 bridgehead atoms. The zero-order valence-electron chi connectivity index (χ0n) is 19.0. The summed E-state index contributed by atoms with van der Waals surface area (Å²) in [6.07, 6.45) is 1.67. The molecule has 0 radical (unpaired) electrons. The molecule has 0 aliphatic carbocycles. The van der Waals surface area contributed by atoms with Gasteiger partial charge in [-0.15, -0.1) is 0 Å². The quantitative estimate of drug-likeness (QED) is 0.393. The molecule has 0 spiro atoms. The lowest BCUT2D eigenvalue weighted by molar-refractivity contribution is 0.0979. The van der Waals surface area contributed by atoms with E-state index in [9.17, 15) is 22.4 Å². The highest BCUT2D eigenvalue weighted by Crippen LogP contribution is 2.25. The first-order chi connectivity index (χ1) is 16.6. The number of halogens is 1. The summed E-state index contributed by atoms with van der Waals surface area (Å²) in [5.41, 5.74) is 1.31. The van der Waals surface area contributed by atoms with Gasteiger partial charge >= 0.3 is 0 Å². The van der Waals surface area contributed by atoms with E-state index in [4.69, 9.17) is 9.47 Å². The Morgan fingerprint density at radius 2 is 1.86 bits per heavy atom. The number of amides is 2. The highest BCUT2D eigenvalue weighted by Gasteiger charge is 2.17. The number of carbonyl (C=O) groups excluding carboxylic acids is 2. The van der Waals surface area contributed by atoms with E-state index in [1.54, 1.807) is 34.3 Å². The number of hydrogen-bond donors (Lipinski definition) is 2.